The van der Waals surface area contributed by atoms with Crippen LogP contribution in [0.3, 0.4) is 0 Å². The van der Waals surface area contributed by atoms with E-state index in [1.54, 1.807) is 21.0 Å². The molecule has 0 heterocycles. The summed E-state index contributed by atoms with van der Waals surface area (Å²) >= 11 is 0. The summed E-state index contributed by atoms with van der Waals surface area (Å²) in [5.41, 5.74) is 1.52. The first-order chi connectivity index (χ1) is 8.04. The van der Waals surface area contributed by atoms with Crippen molar-refractivity contribution in [1.29, 1.82) is 0 Å². The van der Waals surface area contributed by atoms with E-state index in [-0.39, 0.29) is 5.91 Å². The number of nitrogens with two attached hydrogens (primary N) is 1. The Balaban J connectivity index is 3.42. The highest BCUT2D eigenvalue weighted by Gasteiger charge is 2.26. The van der Waals surface area contributed by atoms with Crippen LogP contribution in [0, 0.1) is 5.41 Å². The Bertz CT molecular complexity index is 210. The number of methoxy groups -OCH3 is 1. The van der Waals surface area contributed by atoms with Gasteiger partial charge in [-0.25, -0.2) is 5.84 Å². The van der Waals surface area contributed by atoms with Crippen molar-refractivity contribution in [1.82, 2.24) is 5.43 Å². The van der Waals surface area contributed by atoms with Gasteiger partial charge in [0.1, 0.15) is 0 Å². The van der Waals surface area contributed by atoms with Crippen LogP contribution in [0.5, 0.6) is 0 Å². The lowest BCUT2D eigenvalue weighted by molar-refractivity contribution is -0.132. The van der Waals surface area contributed by atoms with Crippen molar-refractivity contribution in [2.24, 2.45) is 11.3 Å². The van der Waals surface area contributed by atoms with E-state index in [4.69, 9.17) is 20.1 Å². The molecule has 0 aromatic rings. The minimum absolute atomic E-state index is 0.228. The summed E-state index contributed by atoms with van der Waals surface area (Å²) in [6, 6.07) is 0. The monoisotopic (exact) mass is 248 g/mol. The van der Waals surface area contributed by atoms with Crippen LogP contribution in [0.25, 0.3) is 0 Å². The van der Waals surface area contributed by atoms with Gasteiger partial charge in [-0.1, -0.05) is 0 Å². The molecule has 0 aromatic carbocycles. The molecule has 3 N–H and O–H groups in total. The molecule has 0 rings (SSSR count). The van der Waals surface area contributed by atoms with E-state index in [2.05, 4.69) is 5.43 Å². The number of nitrogens with one attached hydrogen (secondary N) is 1. The van der Waals surface area contributed by atoms with E-state index < -0.39 is 5.41 Å². The molecule has 0 saturated heterocycles. The van der Waals surface area contributed by atoms with Gasteiger partial charge >= 0.3 is 0 Å². The van der Waals surface area contributed by atoms with Gasteiger partial charge in [0.15, 0.2) is 0 Å². The lowest BCUT2D eigenvalue weighted by Crippen LogP contribution is -2.43. The molecule has 0 fully saturated rings. The molecule has 6 heteroatoms. The molecule has 1 amide bonds. The number of carbonyl (C=O) groups excluding carboxylic acids is 1. The largest absolute Gasteiger partial charge is 0.382 e. The fourth-order valence-electron chi connectivity index (χ4n) is 1.10. The van der Waals surface area contributed by atoms with Crippen molar-refractivity contribution in [2.75, 3.05) is 40.1 Å². The molecule has 0 bridgehead atoms. The van der Waals surface area contributed by atoms with Gasteiger partial charge in [-0.2, -0.15) is 0 Å². The molecular weight excluding hydrogens is 224 g/mol. The van der Waals surface area contributed by atoms with Gasteiger partial charge in [0, 0.05) is 20.3 Å². The van der Waals surface area contributed by atoms with Crippen molar-refractivity contribution in [3.63, 3.8) is 0 Å². The summed E-state index contributed by atoms with van der Waals surface area (Å²) < 4.78 is 15.5. The molecule has 17 heavy (non-hydrogen) atoms. The maximum atomic E-state index is 11.3. The molecule has 0 saturated carbocycles. The fraction of sp³-hybridized carbons (Fsp3) is 0.909. The first-order valence-electron chi connectivity index (χ1n) is 5.70. The first kappa shape index (κ1) is 16.3. The van der Waals surface area contributed by atoms with Gasteiger partial charge in [-0.3, -0.25) is 10.2 Å². The zero-order chi connectivity index (χ0) is 13.1. The second-order valence-electron chi connectivity index (χ2n) is 4.37. The molecule has 0 atom stereocenters. The van der Waals surface area contributed by atoms with Gasteiger partial charge in [-0.05, 0) is 20.3 Å². The summed E-state index contributed by atoms with van der Waals surface area (Å²) in [7, 11) is 1.64. The van der Waals surface area contributed by atoms with Gasteiger partial charge < -0.3 is 14.2 Å². The number of hydrazine groups is 1. The van der Waals surface area contributed by atoms with Gasteiger partial charge in [0.25, 0.3) is 0 Å². The lowest BCUT2D eigenvalue weighted by atomic mass is 9.94. The topological polar surface area (TPSA) is 82.8 Å². The van der Waals surface area contributed by atoms with Crippen LogP contribution in [-0.4, -0.2) is 46.1 Å². The van der Waals surface area contributed by atoms with Crippen molar-refractivity contribution in [2.45, 2.75) is 20.3 Å². The Kier molecular flexibility index (Phi) is 8.97. The summed E-state index contributed by atoms with van der Waals surface area (Å²) in [6.45, 7) is 6.30. The average molecular weight is 248 g/mol. The third-order valence-electron chi connectivity index (χ3n) is 2.22. The Morgan fingerprint density at radius 3 is 2.41 bits per heavy atom. The maximum Gasteiger partial charge on any atom is 0.241 e. The number of hydrogen-bond acceptors (Lipinski definition) is 5. The molecule has 0 aliphatic heterocycles. The Labute approximate surface area is 103 Å². The molecule has 0 spiro atoms. The SMILES string of the molecule is COCCOCCCOCC(C)(C)C(=O)NN. The van der Waals surface area contributed by atoms with Crippen LogP contribution in [0.1, 0.15) is 20.3 Å². The summed E-state index contributed by atoms with van der Waals surface area (Å²) in [5, 5.41) is 0. The third-order valence-corrected chi connectivity index (χ3v) is 2.22. The molecule has 0 radical (unpaired) electrons. The first-order valence-corrected chi connectivity index (χ1v) is 5.70. The zero-order valence-electron chi connectivity index (χ0n) is 11.0. The van der Waals surface area contributed by atoms with Crippen molar-refractivity contribution in [3.05, 3.63) is 0 Å². The van der Waals surface area contributed by atoms with Gasteiger partial charge in [-0.15, -0.1) is 0 Å². The molecule has 0 aliphatic carbocycles. The van der Waals surface area contributed by atoms with E-state index >= 15 is 0 Å². The van der Waals surface area contributed by atoms with Crippen LogP contribution in [-0.2, 0) is 19.0 Å². The molecule has 0 aromatic heterocycles. The van der Waals surface area contributed by atoms with Crippen LogP contribution < -0.4 is 11.3 Å². The lowest BCUT2D eigenvalue weighted by Gasteiger charge is -2.21. The second kappa shape index (κ2) is 9.35. The van der Waals surface area contributed by atoms with Crippen molar-refractivity contribution < 1.29 is 19.0 Å². The van der Waals surface area contributed by atoms with Crippen LogP contribution in [0.2, 0.25) is 0 Å². The highest BCUT2D eigenvalue weighted by molar-refractivity contribution is 5.81. The molecule has 0 unspecified atom stereocenters. The normalized spacial score (nSPS) is 11.5. The number of carbonyl (C=O) groups is 1. The predicted molar refractivity (Wildman–Crippen MR) is 64.2 cm³/mol. The van der Waals surface area contributed by atoms with E-state index in [0.717, 1.165) is 6.42 Å². The Morgan fingerprint density at radius 1 is 1.18 bits per heavy atom. The van der Waals surface area contributed by atoms with Crippen LogP contribution in [0.4, 0.5) is 0 Å². The van der Waals surface area contributed by atoms with Gasteiger partial charge in [0.2, 0.25) is 5.91 Å². The van der Waals surface area contributed by atoms with E-state index in [9.17, 15) is 4.79 Å². The average Bonchev–Trinajstić information content (AvgIpc) is 2.31. The number of rotatable bonds is 10. The smallest absolute Gasteiger partial charge is 0.241 e. The predicted octanol–water partition coefficient (Wildman–Crippen LogP) is 0.0722. The van der Waals surface area contributed by atoms with Crippen molar-refractivity contribution >= 4 is 5.91 Å². The van der Waals surface area contributed by atoms with E-state index in [0.29, 0.717) is 33.0 Å². The minimum atomic E-state index is -0.605. The molecule has 0 aliphatic rings. The molecule has 6 nitrogen and oxygen atoms in total. The van der Waals surface area contributed by atoms with Gasteiger partial charge in [0.05, 0.1) is 25.2 Å². The van der Waals surface area contributed by atoms with E-state index in [1.807, 2.05) is 0 Å². The number of ether oxygens (including phenoxy) is 3. The number of amides is 1. The van der Waals surface area contributed by atoms with Crippen molar-refractivity contribution in [3.8, 4) is 0 Å². The summed E-state index contributed by atoms with van der Waals surface area (Å²) in [5.74, 6) is 4.84. The zero-order valence-corrected chi connectivity index (χ0v) is 11.0. The quantitative estimate of drug-likeness (QED) is 0.247. The Morgan fingerprint density at radius 2 is 1.82 bits per heavy atom. The van der Waals surface area contributed by atoms with Crippen LogP contribution in [0.15, 0.2) is 0 Å². The molecular formula is C11H24N2O4. The second-order valence-corrected chi connectivity index (χ2v) is 4.37. The molecule has 102 valence electrons. The summed E-state index contributed by atoms with van der Waals surface area (Å²) in [4.78, 5) is 11.3. The highest BCUT2D eigenvalue weighted by atomic mass is 16.5. The third kappa shape index (κ3) is 8.09. The standard InChI is InChI=1S/C11H24N2O4/c1-11(2,10(14)13-12)9-17-6-4-5-16-8-7-15-3/h4-9,12H2,1-3H3,(H,13,14). The highest BCUT2D eigenvalue weighted by Crippen LogP contribution is 2.14. The summed E-state index contributed by atoms with van der Waals surface area (Å²) in [6.07, 6.45) is 0.796. The fourth-order valence-corrected chi connectivity index (χ4v) is 1.10. The van der Waals surface area contributed by atoms with E-state index in [1.165, 1.54) is 0 Å². The maximum absolute atomic E-state index is 11.3. The number of hydrogen-bond donors (Lipinski definition) is 2. The minimum Gasteiger partial charge on any atom is -0.382 e. The van der Waals surface area contributed by atoms with Crippen LogP contribution >= 0.6 is 0 Å². The Hall–Kier alpha value is -0.690.